The highest BCUT2D eigenvalue weighted by atomic mass is 19.4. The average molecular weight is 753 g/mol. The van der Waals surface area contributed by atoms with Crippen LogP contribution >= 0.6 is 0 Å². The van der Waals surface area contributed by atoms with Gasteiger partial charge in [0.1, 0.15) is 43.2 Å². The van der Waals surface area contributed by atoms with Gasteiger partial charge in [-0.1, -0.05) is 30.3 Å². The van der Waals surface area contributed by atoms with Crippen molar-refractivity contribution in [2.75, 3.05) is 26.4 Å². The van der Waals surface area contributed by atoms with Gasteiger partial charge < -0.3 is 58.7 Å². The fraction of sp³-hybridized carbons (Fsp3) is 0.656. The molecule has 0 radical (unpaired) electrons. The van der Waals surface area contributed by atoms with Crippen LogP contribution in [0.3, 0.4) is 0 Å². The number of benzene rings is 1. The van der Waals surface area contributed by atoms with E-state index in [0.717, 1.165) is 33.3 Å². The van der Waals surface area contributed by atoms with E-state index in [-0.39, 0.29) is 26.2 Å². The molecule has 2 heterocycles. The molecule has 0 unspecified atom stereocenters. The first-order valence-corrected chi connectivity index (χ1v) is 16.1. The molecule has 4 N–H and O–H groups in total. The number of esters is 3. The van der Waals surface area contributed by atoms with Gasteiger partial charge in [-0.2, -0.15) is 13.2 Å². The number of alkyl halides is 3. The van der Waals surface area contributed by atoms with Crippen LogP contribution in [0.4, 0.5) is 13.2 Å². The maximum Gasteiger partial charge on any atom is 0.471 e. The van der Waals surface area contributed by atoms with E-state index < -0.39 is 110 Å². The first kappa shape index (κ1) is 42.5. The molecule has 2 saturated heterocycles. The lowest BCUT2D eigenvalue weighted by molar-refractivity contribution is -0.350. The van der Waals surface area contributed by atoms with Crippen molar-refractivity contribution in [3.05, 3.63) is 35.9 Å². The summed E-state index contributed by atoms with van der Waals surface area (Å²) in [6, 6.07) is 7.55. The standard InChI is InChI=1S/C32H43F3N2O15/c1-16(38)37-23-27(48-18(3)40)26(52-30-28(49-19(4)41)25(43)24(42)21(50-30)15-47-17(2)39)22(14-45-13-20-9-6-5-7-10-20)51-29(23)46-12-8-11-36-31(44)32(33,34)35/h5-7,9-10,21-30,42-43H,8,11-15H2,1-4H3,(H,36,44)(H,37,38)/t21-,22-,23-,24+,25+,26-,27-,28-,29-,30+/m0/s1. The minimum atomic E-state index is -5.09. The lowest BCUT2D eigenvalue weighted by Crippen LogP contribution is -2.68. The van der Waals surface area contributed by atoms with Gasteiger partial charge in [0.2, 0.25) is 5.91 Å². The summed E-state index contributed by atoms with van der Waals surface area (Å²) in [4.78, 5) is 59.6. The second kappa shape index (κ2) is 19.8. The summed E-state index contributed by atoms with van der Waals surface area (Å²) < 4.78 is 83.5. The number of hydrogen-bond donors (Lipinski definition) is 4. The van der Waals surface area contributed by atoms with Crippen LogP contribution < -0.4 is 10.6 Å². The van der Waals surface area contributed by atoms with Crippen molar-refractivity contribution < 1.29 is 85.3 Å². The number of halogens is 3. The number of nitrogens with one attached hydrogen (secondary N) is 2. The molecule has 2 aliphatic heterocycles. The van der Waals surface area contributed by atoms with Crippen molar-refractivity contribution in [1.82, 2.24) is 10.6 Å². The number of ether oxygens (including phenoxy) is 8. The lowest BCUT2D eigenvalue weighted by atomic mass is 9.95. The van der Waals surface area contributed by atoms with Gasteiger partial charge in [-0.3, -0.25) is 24.0 Å². The van der Waals surface area contributed by atoms with E-state index in [1.807, 2.05) is 0 Å². The molecular weight excluding hydrogens is 709 g/mol. The molecule has 3 rings (SSSR count). The minimum absolute atomic E-state index is 0.0522. The van der Waals surface area contributed by atoms with Crippen LogP contribution in [0.5, 0.6) is 0 Å². The number of rotatable bonds is 16. The second-order valence-corrected chi connectivity index (χ2v) is 11.8. The third-order valence-electron chi connectivity index (χ3n) is 7.55. The number of aliphatic hydroxyl groups excluding tert-OH is 2. The highest BCUT2D eigenvalue weighted by Crippen LogP contribution is 2.33. The van der Waals surface area contributed by atoms with Crippen LogP contribution in [0.25, 0.3) is 0 Å². The lowest BCUT2D eigenvalue weighted by Gasteiger charge is -2.48. The molecule has 10 atom stereocenters. The first-order chi connectivity index (χ1) is 24.5. The maximum absolute atomic E-state index is 12.6. The van der Waals surface area contributed by atoms with Crippen molar-refractivity contribution in [3.63, 3.8) is 0 Å². The van der Waals surface area contributed by atoms with E-state index in [9.17, 15) is 47.4 Å². The van der Waals surface area contributed by atoms with Gasteiger partial charge in [-0.25, -0.2) is 0 Å². The smallest absolute Gasteiger partial charge is 0.463 e. The average Bonchev–Trinajstić information content (AvgIpc) is 3.05. The van der Waals surface area contributed by atoms with Crippen molar-refractivity contribution in [3.8, 4) is 0 Å². The van der Waals surface area contributed by atoms with Gasteiger partial charge in [0.05, 0.1) is 19.8 Å². The Morgan fingerprint density at radius 1 is 0.808 bits per heavy atom. The Balaban J connectivity index is 1.96. The number of carbonyl (C=O) groups excluding carboxylic acids is 5. The number of aliphatic hydroxyl groups is 2. The van der Waals surface area contributed by atoms with Crippen LogP contribution in [0.15, 0.2) is 30.3 Å². The summed E-state index contributed by atoms with van der Waals surface area (Å²) in [5.41, 5.74) is 0.757. The Bertz CT molecular complexity index is 1350. The molecule has 0 aliphatic carbocycles. The quantitative estimate of drug-likeness (QED) is 0.0973. The Kier molecular flexibility index (Phi) is 16.2. The first-order valence-electron chi connectivity index (χ1n) is 16.1. The molecule has 2 fully saturated rings. The van der Waals surface area contributed by atoms with Gasteiger partial charge in [0.25, 0.3) is 0 Å². The molecule has 17 nitrogen and oxygen atoms in total. The van der Waals surface area contributed by atoms with Crippen LogP contribution in [-0.2, 0) is 68.5 Å². The van der Waals surface area contributed by atoms with Gasteiger partial charge in [-0.05, 0) is 12.0 Å². The zero-order chi connectivity index (χ0) is 38.6. The number of carbonyl (C=O) groups is 5. The predicted molar refractivity (Wildman–Crippen MR) is 165 cm³/mol. The van der Waals surface area contributed by atoms with Gasteiger partial charge >= 0.3 is 30.0 Å². The summed E-state index contributed by atoms with van der Waals surface area (Å²) in [6.45, 7) is 2.78. The van der Waals surface area contributed by atoms with E-state index in [1.54, 1.807) is 35.6 Å². The molecule has 2 amide bonds. The molecule has 0 spiro atoms. The SMILES string of the molecule is CC(=O)N[C@@H]1[C@@H](OCCCNC(=O)C(F)(F)F)O[C@@H](COCc2ccccc2)[C@H](O[C@H]2O[C@@H](COC(C)=O)[C@@H](O)[C@@H](O)[C@@H]2OC(C)=O)[C@H]1OC(C)=O. The Labute approximate surface area is 296 Å². The molecule has 52 heavy (non-hydrogen) atoms. The van der Waals surface area contributed by atoms with E-state index in [0.29, 0.717) is 0 Å². The van der Waals surface area contributed by atoms with Gasteiger partial charge in [0, 0.05) is 34.2 Å². The Morgan fingerprint density at radius 2 is 1.44 bits per heavy atom. The highest BCUT2D eigenvalue weighted by molar-refractivity contribution is 5.81. The zero-order valence-electron chi connectivity index (χ0n) is 28.7. The third kappa shape index (κ3) is 12.9. The van der Waals surface area contributed by atoms with Crippen molar-refractivity contribution >= 4 is 29.7 Å². The van der Waals surface area contributed by atoms with Gasteiger partial charge in [0.15, 0.2) is 24.8 Å². The fourth-order valence-electron chi connectivity index (χ4n) is 5.33. The van der Waals surface area contributed by atoms with E-state index in [2.05, 4.69) is 5.32 Å². The summed E-state index contributed by atoms with van der Waals surface area (Å²) in [7, 11) is 0. The summed E-state index contributed by atoms with van der Waals surface area (Å²) in [5.74, 6) is -5.29. The van der Waals surface area contributed by atoms with Crippen LogP contribution in [-0.4, -0.2) is 134 Å². The van der Waals surface area contributed by atoms with Gasteiger partial charge in [-0.15, -0.1) is 0 Å². The molecule has 0 saturated carbocycles. The van der Waals surface area contributed by atoms with Crippen LogP contribution in [0.2, 0.25) is 0 Å². The monoisotopic (exact) mass is 752 g/mol. The minimum Gasteiger partial charge on any atom is -0.463 e. The molecule has 2 aliphatic rings. The summed E-state index contributed by atoms with van der Waals surface area (Å²) >= 11 is 0. The summed E-state index contributed by atoms with van der Waals surface area (Å²) in [6.07, 6.45) is -19.3. The number of amides is 2. The second-order valence-electron chi connectivity index (χ2n) is 11.8. The number of hydrogen-bond acceptors (Lipinski definition) is 15. The molecule has 1 aromatic rings. The van der Waals surface area contributed by atoms with E-state index in [4.69, 9.17) is 37.9 Å². The van der Waals surface area contributed by atoms with E-state index in [1.165, 1.54) is 0 Å². The largest absolute Gasteiger partial charge is 0.471 e. The summed E-state index contributed by atoms with van der Waals surface area (Å²) in [5, 5.41) is 25.9. The van der Waals surface area contributed by atoms with Crippen molar-refractivity contribution in [2.24, 2.45) is 0 Å². The topological polar surface area (TPSA) is 224 Å². The van der Waals surface area contributed by atoms with E-state index >= 15 is 0 Å². The van der Waals surface area contributed by atoms with Crippen LogP contribution in [0.1, 0.15) is 39.7 Å². The molecule has 1 aromatic carbocycles. The van der Waals surface area contributed by atoms with Crippen LogP contribution in [0, 0.1) is 0 Å². The molecular formula is C32H43F3N2O15. The Hall–Kier alpha value is -3.92. The molecule has 0 aromatic heterocycles. The van der Waals surface area contributed by atoms with Crippen molar-refractivity contribution in [2.45, 2.75) is 108 Å². The highest BCUT2D eigenvalue weighted by Gasteiger charge is 2.54. The normalized spacial score (nSPS) is 29.0. The van der Waals surface area contributed by atoms with Crippen molar-refractivity contribution in [1.29, 1.82) is 0 Å². The molecule has 0 bridgehead atoms. The fourth-order valence-corrected chi connectivity index (χ4v) is 5.33. The predicted octanol–water partition coefficient (Wildman–Crippen LogP) is -0.224. The zero-order valence-corrected chi connectivity index (χ0v) is 28.7. The molecule has 20 heteroatoms. The Morgan fingerprint density at radius 3 is 2.04 bits per heavy atom. The molecule has 292 valence electrons. The third-order valence-corrected chi connectivity index (χ3v) is 7.55. The maximum atomic E-state index is 12.6.